The zero-order valence-corrected chi connectivity index (χ0v) is 12.6. The quantitative estimate of drug-likeness (QED) is 0.755. The molecule has 0 radical (unpaired) electrons. The van der Waals surface area contributed by atoms with E-state index in [1.54, 1.807) is 0 Å². The van der Waals surface area contributed by atoms with Gasteiger partial charge in [0, 0.05) is 10.9 Å². The normalized spacial score (nSPS) is 11.0. The fourth-order valence-corrected chi connectivity index (χ4v) is 2.79. The Labute approximate surface area is 129 Å². The molecule has 0 unspecified atom stereocenters. The molecule has 3 rings (SSSR count). The van der Waals surface area contributed by atoms with Gasteiger partial charge in [-0.05, 0) is 24.5 Å². The predicted molar refractivity (Wildman–Crippen MR) is 90.3 cm³/mol. The van der Waals surface area contributed by atoms with Crippen LogP contribution in [0.25, 0.3) is 22.0 Å². The molecule has 2 N–H and O–H groups in total. The highest BCUT2D eigenvalue weighted by Gasteiger charge is 2.14. The molecule has 2 aromatic carbocycles. The minimum absolute atomic E-state index is 0.116. The lowest BCUT2D eigenvalue weighted by Crippen LogP contribution is -2.13. The number of hydrogen-bond donors (Lipinski definition) is 2. The molecule has 0 saturated carbocycles. The Morgan fingerprint density at radius 1 is 1.05 bits per heavy atom. The summed E-state index contributed by atoms with van der Waals surface area (Å²) in [6, 6.07) is 15.6. The Kier molecular flexibility index (Phi) is 3.96. The van der Waals surface area contributed by atoms with E-state index in [0.29, 0.717) is 22.9 Å². The first-order valence-corrected chi connectivity index (χ1v) is 7.64. The molecule has 112 valence electrons. The first-order chi connectivity index (χ1) is 10.7. The van der Waals surface area contributed by atoms with Gasteiger partial charge in [0.25, 0.3) is 5.56 Å². The lowest BCUT2D eigenvalue weighted by molar-refractivity contribution is 0.471. The maximum absolute atomic E-state index is 12.3. The molecule has 0 spiro atoms. The second-order valence-electron chi connectivity index (χ2n) is 5.48. The van der Waals surface area contributed by atoms with Gasteiger partial charge in [-0.25, -0.2) is 0 Å². The molecule has 0 bridgehead atoms. The first kappa shape index (κ1) is 14.4. The second kappa shape index (κ2) is 6.06. The molecule has 3 heteroatoms. The summed E-state index contributed by atoms with van der Waals surface area (Å²) in [7, 11) is 0. The third kappa shape index (κ3) is 2.50. The van der Waals surface area contributed by atoms with E-state index in [-0.39, 0.29) is 11.3 Å². The molecule has 0 aliphatic rings. The van der Waals surface area contributed by atoms with Crippen molar-refractivity contribution in [2.45, 2.75) is 26.2 Å². The highest BCUT2D eigenvalue weighted by atomic mass is 16.3. The van der Waals surface area contributed by atoms with Crippen LogP contribution in [0.1, 0.15) is 25.3 Å². The van der Waals surface area contributed by atoms with Crippen LogP contribution in [0.3, 0.4) is 0 Å². The van der Waals surface area contributed by atoms with Crippen molar-refractivity contribution < 1.29 is 5.11 Å². The van der Waals surface area contributed by atoms with Crippen LogP contribution in [0.5, 0.6) is 5.75 Å². The second-order valence-corrected chi connectivity index (χ2v) is 5.48. The van der Waals surface area contributed by atoms with Gasteiger partial charge in [0.1, 0.15) is 5.75 Å². The number of pyridine rings is 1. The number of aromatic hydroxyl groups is 1. The van der Waals surface area contributed by atoms with Gasteiger partial charge in [0.05, 0.1) is 11.1 Å². The van der Waals surface area contributed by atoms with Crippen LogP contribution in [0.15, 0.2) is 53.3 Å². The molecule has 0 atom stereocenters. The molecule has 0 aliphatic carbocycles. The SMILES string of the molecule is CCCCc1c(O)c2cccc(-c3ccccc3)c2[nH]c1=O. The van der Waals surface area contributed by atoms with Crippen LogP contribution < -0.4 is 5.56 Å². The number of aromatic nitrogens is 1. The number of rotatable bonds is 4. The molecule has 0 amide bonds. The molecule has 1 heterocycles. The fourth-order valence-electron chi connectivity index (χ4n) is 2.79. The Bertz CT molecular complexity index is 850. The average molecular weight is 293 g/mol. The zero-order valence-electron chi connectivity index (χ0n) is 12.6. The summed E-state index contributed by atoms with van der Waals surface area (Å²) in [5.41, 5.74) is 2.93. The molecule has 0 saturated heterocycles. The monoisotopic (exact) mass is 293 g/mol. The van der Waals surface area contributed by atoms with Crippen LogP contribution >= 0.6 is 0 Å². The van der Waals surface area contributed by atoms with Crippen LogP contribution in [0, 0.1) is 0 Å². The van der Waals surface area contributed by atoms with Gasteiger partial charge >= 0.3 is 0 Å². The van der Waals surface area contributed by atoms with E-state index in [1.165, 1.54) is 0 Å². The third-order valence-corrected chi connectivity index (χ3v) is 3.98. The lowest BCUT2D eigenvalue weighted by atomic mass is 9.99. The van der Waals surface area contributed by atoms with Crippen LogP contribution in [-0.4, -0.2) is 10.1 Å². The van der Waals surface area contributed by atoms with E-state index in [9.17, 15) is 9.90 Å². The van der Waals surface area contributed by atoms with Crippen molar-refractivity contribution in [3.05, 3.63) is 64.4 Å². The predicted octanol–water partition coefficient (Wildman–Crippen LogP) is 4.24. The van der Waals surface area contributed by atoms with Crippen molar-refractivity contribution in [3.8, 4) is 16.9 Å². The smallest absolute Gasteiger partial charge is 0.255 e. The topological polar surface area (TPSA) is 53.1 Å². The van der Waals surface area contributed by atoms with Crippen molar-refractivity contribution in [1.82, 2.24) is 4.98 Å². The molecule has 3 aromatic rings. The maximum atomic E-state index is 12.3. The van der Waals surface area contributed by atoms with Crippen molar-refractivity contribution in [1.29, 1.82) is 0 Å². The first-order valence-electron chi connectivity index (χ1n) is 7.64. The minimum atomic E-state index is -0.193. The summed E-state index contributed by atoms with van der Waals surface area (Å²) in [6.07, 6.45) is 2.48. The van der Waals surface area contributed by atoms with Gasteiger partial charge in [0.2, 0.25) is 0 Å². The van der Waals surface area contributed by atoms with Gasteiger partial charge in [0.15, 0.2) is 0 Å². The number of fused-ring (bicyclic) bond motifs is 1. The van der Waals surface area contributed by atoms with Crippen molar-refractivity contribution in [3.63, 3.8) is 0 Å². The van der Waals surface area contributed by atoms with E-state index in [4.69, 9.17) is 0 Å². The number of aromatic amines is 1. The third-order valence-electron chi connectivity index (χ3n) is 3.98. The number of H-pyrrole nitrogens is 1. The summed E-state index contributed by atoms with van der Waals surface area (Å²) in [5, 5.41) is 11.2. The summed E-state index contributed by atoms with van der Waals surface area (Å²) in [4.78, 5) is 15.3. The van der Waals surface area contributed by atoms with Crippen LogP contribution in [-0.2, 0) is 6.42 Å². The largest absolute Gasteiger partial charge is 0.507 e. The van der Waals surface area contributed by atoms with E-state index in [2.05, 4.69) is 11.9 Å². The molecule has 0 fully saturated rings. The van der Waals surface area contributed by atoms with Crippen molar-refractivity contribution in [2.24, 2.45) is 0 Å². The maximum Gasteiger partial charge on any atom is 0.255 e. The molecule has 1 aromatic heterocycles. The van der Waals surface area contributed by atoms with Crippen molar-refractivity contribution in [2.75, 3.05) is 0 Å². The summed E-state index contributed by atoms with van der Waals surface area (Å²) in [5.74, 6) is 0.116. The van der Waals surface area contributed by atoms with E-state index in [0.717, 1.165) is 24.0 Å². The zero-order chi connectivity index (χ0) is 15.5. The van der Waals surface area contributed by atoms with E-state index < -0.39 is 0 Å². The Balaban J connectivity index is 2.25. The molecular formula is C19H19NO2. The van der Waals surface area contributed by atoms with E-state index >= 15 is 0 Å². The van der Waals surface area contributed by atoms with Crippen LogP contribution in [0.2, 0.25) is 0 Å². The van der Waals surface area contributed by atoms with Gasteiger partial charge in [-0.15, -0.1) is 0 Å². The molecule has 0 aliphatic heterocycles. The number of hydrogen-bond acceptors (Lipinski definition) is 2. The molecular weight excluding hydrogens is 274 g/mol. The van der Waals surface area contributed by atoms with Gasteiger partial charge in [-0.3, -0.25) is 4.79 Å². The average Bonchev–Trinajstić information content (AvgIpc) is 2.55. The Morgan fingerprint density at radius 2 is 1.82 bits per heavy atom. The van der Waals surface area contributed by atoms with Crippen molar-refractivity contribution >= 4 is 10.9 Å². The van der Waals surface area contributed by atoms with Crippen LogP contribution in [0.4, 0.5) is 0 Å². The standard InChI is InChI=1S/C19H19NO2/c1-2-3-10-16-18(21)15-12-7-11-14(17(15)20-19(16)22)13-8-5-4-6-9-13/h4-9,11-12H,2-3,10H2,1H3,(H2,20,21,22). The van der Waals surface area contributed by atoms with Gasteiger partial charge in [-0.1, -0.05) is 55.8 Å². The van der Waals surface area contributed by atoms with Gasteiger partial charge in [-0.2, -0.15) is 0 Å². The summed E-state index contributed by atoms with van der Waals surface area (Å²) >= 11 is 0. The number of benzene rings is 2. The fraction of sp³-hybridized carbons (Fsp3) is 0.211. The molecule has 22 heavy (non-hydrogen) atoms. The van der Waals surface area contributed by atoms with Gasteiger partial charge < -0.3 is 10.1 Å². The highest BCUT2D eigenvalue weighted by Crippen LogP contribution is 2.32. The number of nitrogens with one attached hydrogen (secondary N) is 1. The highest BCUT2D eigenvalue weighted by molar-refractivity contribution is 5.97. The van der Waals surface area contributed by atoms with E-state index in [1.807, 2.05) is 48.5 Å². The lowest BCUT2D eigenvalue weighted by Gasteiger charge is -2.11. The summed E-state index contributed by atoms with van der Waals surface area (Å²) < 4.78 is 0. The number of para-hydroxylation sites is 1. The number of unbranched alkanes of at least 4 members (excludes halogenated alkanes) is 1. The summed E-state index contributed by atoms with van der Waals surface area (Å²) in [6.45, 7) is 2.07. The minimum Gasteiger partial charge on any atom is -0.507 e. The Hall–Kier alpha value is -2.55. The Morgan fingerprint density at radius 3 is 2.55 bits per heavy atom. The molecule has 3 nitrogen and oxygen atoms in total.